The van der Waals surface area contributed by atoms with Crippen LogP contribution in [0.15, 0.2) is 54.9 Å². The van der Waals surface area contributed by atoms with Gasteiger partial charge in [0.1, 0.15) is 5.65 Å². The molecule has 0 aliphatic carbocycles. The number of hydrogen-bond acceptors (Lipinski definition) is 4. The Morgan fingerprint density at radius 2 is 1.89 bits per heavy atom. The summed E-state index contributed by atoms with van der Waals surface area (Å²) in [7, 11) is 0. The number of esters is 1. The third kappa shape index (κ3) is 4.16. The average molecular weight is 365 g/mol. The first kappa shape index (κ1) is 18.6. The fraction of sp³-hybridized carbons (Fsp3) is 0.286. The molecule has 0 aliphatic heterocycles. The van der Waals surface area contributed by atoms with E-state index >= 15 is 0 Å². The lowest BCUT2D eigenvalue weighted by atomic mass is 9.97. The third-order valence-corrected chi connectivity index (χ3v) is 4.59. The molecule has 0 bridgehead atoms. The standard InChI is InChI=1S/C21H23N3O3/c1-4-14(2)16-9-5-6-10-17(16)23-20(25)15(3)27-21(26)18-13-24-12-8-7-11-19(24)22-18/h5-15H,4H2,1-3H3,(H,23,25)/t14-,15+/m1/s1. The fourth-order valence-corrected chi connectivity index (χ4v) is 2.80. The highest BCUT2D eigenvalue weighted by atomic mass is 16.5. The summed E-state index contributed by atoms with van der Waals surface area (Å²) in [5, 5.41) is 2.87. The van der Waals surface area contributed by atoms with Crippen LogP contribution in [-0.2, 0) is 9.53 Å². The number of nitrogens with zero attached hydrogens (tertiary/aromatic N) is 2. The van der Waals surface area contributed by atoms with Crippen molar-refractivity contribution < 1.29 is 14.3 Å². The average Bonchev–Trinajstić information content (AvgIpc) is 3.12. The third-order valence-electron chi connectivity index (χ3n) is 4.59. The van der Waals surface area contributed by atoms with Gasteiger partial charge < -0.3 is 14.5 Å². The Labute approximate surface area is 158 Å². The van der Waals surface area contributed by atoms with Gasteiger partial charge >= 0.3 is 5.97 Å². The highest BCUT2D eigenvalue weighted by Crippen LogP contribution is 2.26. The molecule has 6 nitrogen and oxygen atoms in total. The van der Waals surface area contributed by atoms with Crippen LogP contribution in [0.5, 0.6) is 0 Å². The zero-order valence-corrected chi connectivity index (χ0v) is 15.7. The Morgan fingerprint density at radius 3 is 2.63 bits per heavy atom. The Morgan fingerprint density at radius 1 is 1.15 bits per heavy atom. The highest BCUT2D eigenvalue weighted by Gasteiger charge is 2.22. The van der Waals surface area contributed by atoms with Gasteiger partial charge in [-0.3, -0.25) is 4.79 Å². The van der Waals surface area contributed by atoms with Crippen LogP contribution in [0.3, 0.4) is 0 Å². The zero-order chi connectivity index (χ0) is 19.4. The molecule has 1 amide bonds. The van der Waals surface area contributed by atoms with Crippen LogP contribution < -0.4 is 5.32 Å². The zero-order valence-electron chi connectivity index (χ0n) is 15.7. The topological polar surface area (TPSA) is 72.7 Å². The molecule has 0 fully saturated rings. The number of fused-ring (bicyclic) bond motifs is 1. The number of aromatic nitrogens is 2. The van der Waals surface area contributed by atoms with Crippen molar-refractivity contribution in [1.82, 2.24) is 9.38 Å². The number of carbonyl (C=O) groups excluding carboxylic acids is 2. The van der Waals surface area contributed by atoms with E-state index < -0.39 is 12.1 Å². The van der Waals surface area contributed by atoms with Gasteiger partial charge in [-0.2, -0.15) is 0 Å². The molecule has 0 unspecified atom stereocenters. The monoisotopic (exact) mass is 365 g/mol. The van der Waals surface area contributed by atoms with E-state index in [0.717, 1.165) is 17.7 Å². The number of nitrogens with one attached hydrogen (secondary N) is 1. The molecule has 2 aromatic heterocycles. The molecule has 1 aromatic carbocycles. The van der Waals surface area contributed by atoms with Crippen molar-refractivity contribution in [3.8, 4) is 0 Å². The van der Waals surface area contributed by atoms with Gasteiger partial charge in [0.05, 0.1) is 0 Å². The van der Waals surface area contributed by atoms with Crippen molar-refractivity contribution in [3.05, 3.63) is 66.1 Å². The number of benzene rings is 1. The SMILES string of the molecule is CC[C@@H](C)c1ccccc1NC(=O)[C@H](C)OC(=O)c1cn2ccccc2n1. The van der Waals surface area contributed by atoms with Crippen molar-refractivity contribution in [2.45, 2.75) is 39.2 Å². The first-order chi connectivity index (χ1) is 13.0. The number of pyridine rings is 1. The molecule has 0 aliphatic rings. The van der Waals surface area contributed by atoms with E-state index in [2.05, 4.69) is 24.1 Å². The van der Waals surface area contributed by atoms with Gasteiger partial charge in [0.2, 0.25) is 0 Å². The Balaban J connectivity index is 1.68. The number of para-hydroxylation sites is 1. The molecule has 1 N–H and O–H groups in total. The van der Waals surface area contributed by atoms with Crippen LogP contribution in [0.2, 0.25) is 0 Å². The minimum Gasteiger partial charge on any atom is -0.448 e. The number of anilines is 1. The molecule has 0 saturated carbocycles. The Hall–Kier alpha value is -3.15. The molecule has 2 atom stereocenters. The lowest BCUT2D eigenvalue weighted by Gasteiger charge is -2.18. The lowest BCUT2D eigenvalue weighted by Crippen LogP contribution is -2.30. The summed E-state index contributed by atoms with van der Waals surface area (Å²) in [6.45, 7) is 5.76. The van der Waals surface area contributed by atoms with E-state index in [-0.39, 0.29) is 11.6 Å². The maximum absolute atomic E-state index is 12.5. The molecule has 6 heteroatoms. The molecule has 0 spiro atoms. The van der Waals surface area contributed by atoms with Gasteiger partial charge in [-0.25, -0.2) is 9.78 Å². The largest absolute Gasteiger partial charge is 0.448 e. The van der Waals surface area contributed by atoms with Crippen molar-refractivity contribution >= 4 is 23.2 Å². The van der Waals surface area contributed by atoms with Crippen molar-refractivity contribution in [3.63, 3.8) is 0 Å². The van der Waals surface area contributed by atoms with E-state index in [0.29, 0.717) is 11.6 Å². The minimum absolute atomic E-state index is 0.167. The van der Waals surface area contributed by atoms with Crippen molar-refractivity contribution in [2.75, 3.05) is 5.32 Å². The van der Waals surface area contributed by atoms with Crippen LogP contribution in [0.4, 0.5) is 5.69 Å². The molecular weight excluding hydrogens is 342 g/mol. The van der Waals surface area contributed by atoms with Crippen LogP contribution in [0.25, 0.3) is 5.65 Å². The lowest BCUT2D eigenvalue weighted by molar-refractivity contribution is -0.123. The second kappa shape index (κ2) is 8.03. The van der Waals surface area contributed by atoms with Crippen LogP contribution in [-0.4, -0.2) is 27.4 Å². The summed E-state index contributed by atoms with van der Waals surface area (Å²) < 4.78 is 7.03. The predicted molar refractivity (Wildman–Crippen MR) is 104 cm³/mol. The summed E-state index contributed by atoms with van der Waals surface area (Å²) in [5.74, 6) is -0.684. The summed E-state index contributed by atoms with van der Waals surface area (Å²) in [5.41, 5.74) is 2.62. The van der Waals surface area contributed by atoms with Crippen LogP contribution >= 0.6 is 0 Å². The number of carbonyl (C=O) groups is 2. The van der Waals surface area contributed by atoms with E-state index in [1.54, 1.807) is 29.8 Å². The molecule has 2 heterocycles. The predicted octanol–water partition coefficient (Wildman–Crippen LogP) is 4.03. The van der Waals surface area contributed by atoms with Gasteiger partial charge in [0, 0.05) is 18.1 Å². The van der Waals surface area contributed by atoms with E-state index in [1.165, 1.54) is 0 Å². The Kier molecular flexibility index (Phi) is 5.54. The number of amides is 1. The number of imidazole rings is 1. The molecule has 0 saturated heterocycles. The van der Waals surface area contributed by atoms with E-state index in [1.807, 2.05) is 36.4 Å². The fourth-order valence-electron chi connectivity index (χ4n) is 2.80. The summed E-state index contributed by atoms with van der Waals surface area (Å²) in [4.78, 5) is 29.0. The molecule has 27 heavy (non-hydrogen) atoms. The first-order valence-corrected chi connectivity index (χ1v) is 9.04. The van der Waals surface area contributed by atoms with Crippen LogP contribution in [0.1, 0.15) is 49.2 Å². The Bertz CT molecular complexity index is 931. The molecule has 3 aromatic rings. The number of hydrogen-bond donors (Lipinski definition) is 1. The molecule has 140 valence electrons. The van der Waals surface area contributed by atoms with Gasteiger partial charge in [0.15, 0.2) is 11.8 Å². The van der Waals surface area contributed by atoms with Crippen molar-refractivity contribution in [1.29, 1.82) is 0 Å². The van der Waals surface area contributed by atoms with E-state index in [9.17, 15) is 9.59 Å². The molecular formula is C21H23N3O3. The van der Waals surface area contributed by atoms with E-state index in [4.69, 9.17) is 4.74 Å². The van der Waals surface area contributed by atoms with Crippen LogP contribution in [0, 0.1) is 0 Å². The second-order valence-corrected chi connectivity index (χ2v) is 6.53. The summed E-state index contributed by atoms with van der Waals surface area (Å²) >= 11 is 0. The number of rotatable bonds is 6. The molecule has 0 radical (unpaired) electrons. The maximum Gasteiger partial charge on any atom is 0.359 e. The minimum atomic E-state index is -0.938. The van der Waals surface area contributed by atoms with Gasteiger partial charge in [-0.1, -0.05) is 38.1 Å². The smallest absolute Gasteiger partial charge is 0.359 e. The maximum atomic E-state index is 12.5. The molecule has 3 rings (SSSR count). The number of ether oxygens (including phenoxy) is 1. The quantitative estimate of drug-likeness (QED) is 0.669. The first-order valence-electron chi connectivity index (χ1n) is 9.04. The normalized spacial score (nSPS) is 13.1. The van der Waals surface area contributed by atoms with Gasteiger partial charge in [-0.15, -0.1) is 0 Å². The van der Waals surface area contributed by atoms with Crippen molar-refractivity contribution in [2.24, 2.45) is 0 Å². The summed E-state index contributed by atoms with van der Waals surface area (Å²) in [6, 6.07) is 13.1. The highest BCUT2D eigenvalue weighted by molar-refractivity contribution is 5.97. The van der Waals surface area contributed by atoms with Gasteiger partial charge in [-0.05, 0) is 43.0 Å². The second-order valence-electron chi connectivity index (χ2n) is 6.53. The summed E-state index contributed by atoms with van der Waals surface area (Å²) in [6.07, 6.45) is 3.40. The van der Waals surface area contributed by atoms with Gasteiger partial charge in [0.25, 0.3) is 5.91 Å².